The molecule has 0 heterocycles. The van der Waals surface area contributed by atoms with Gasteiger partial charge in [-0.1, -0.05) is 30.3 Å². The second-order valence-electron chi connectivity index (χ2n) is 6.70. The zero-order valence-electron chi connectivity index (χ0n) is 16.2. The molecular weight excluding hydrogens is 362 g/mol. The molecule has 7 heteroatoms. The summed E-state index contributed by atoms with van der Waals surface area (Å²) in [7, 11) is 0.886. The van der Waals surface area contributed by atoms with Gasteiger partial charge in [-0.3, -0.25) is 9.10 Å². The molecule has 0 saturated heterocycles. The molecule has 2 aromatic carbocycles. The van der Waals surface area contributed by atoms with E-state index in [2.05, 4.69) is 17.4 Å². The third-order valence-electron chi connectivity index (χ3n) is 4.39. The topological polar surface area (TPSA) is 69.7 Å². The van der Waals surface area contributed by atoms with Crippen molar-refractivity contribution in [2.24, 2.45) is 0 Å². The third-order valence-corrected chi connectivity index (χ3v) is 6.21. The van der Waals surface area contributed by atoms with Crippen molar-refractivity contribution in [3.8, 4) is 0 Å². The minimum absolute atomic E-state index is 0.0363. The number of aryl methyl sites for hydroxylation is 1. The standard InChI is InChI=1S/C20H27N3O3S/c1-16(10-11-17-8-6-5-7-9-17)21-20(24)18-12-14-19(15-13-18)23(4)27(25,26)22(2)3/h5-9,12-16H,10-11H2,1-4H3,(H,21,24)/t16-/m0/s1. The van der Waals surface area contributed by atoms with Gasteiger partial charge >= 0.3 is 10.2 Å². The Kier molecular flexibility index (Phi) is 6.98. The van der Waals surface area contributed by atoms with Gasteiger partial charge in [-0.15, -0.1) is 0 Å². The van der Waals surface area contributed by atoms with E-state index in [0.717, 1.165) is 17.1 Å². The Hall–Kier alpha value is -2.38. The van der Waals surface area contributed by atoms with Gasteiger partial charge in [0.05, 0.1) is 5.69 Å². The van der Waals surface area contributed by atoms with Gasteiger partial charge in [-0.2, -0.15) is 12.7 Å². The van der Waals surface area contributed by atoms with Crippen LogP contribution in [0.25, 0.3) is 0 Å². The Bertz CT molecular complexity index is 850. The first-order chi connectivity index (χ1) is 12.7. The molecule has 1 N–H and O–H groups in total. The molecule has 2 rings (SSSR count). The van der Waals surface area contributed by atoms with Gasteiger partial charge in [0, 0.05) is 32.7 Å². The number of carbonyl (C=O) groups is 1. The molecule has 0 radical (unpaired) electrons. The van der Waals surface area contributed by atoms with E-state index in [1.165, 1.54) is 31.0 Å². The van der Waals surface area contributed by atoms with E-state index in [0.29, 0.717) is 11.3 Å². The van der Waals surface area contributed by atoms with Crippen molar-refractivity contribution in [2.45, 2.75) is 25.8 Å². The molecule has 1 atom stereocenters. The van der Waals surface area contributed by atoms with E-state index < -0.39 is 10.2 Å². The van der Waals surface area contributed by atoms with Crippen LogP contribution in [0.1, 0.15) is 29.3 Å². The fourth-order valence-corrected chi connectivity index (χ4v) is 3.49. The number of carbonyl (C=O) groups excluding carboxylic acids is 1. The van der Waals surface area contributed by atoms with Gasteiger partial charge in [0.15, 0.2) is 0 Å². The lowest BCUT2D eigenvalue weighted by Crippen LogP contribution is -2.37. The second kappa shape index (κ2) is 9.01. The van der Waals surface area contributed by atoms with Crippen molar-refractivity contribution < 1.29 is 13.2 Å². The first-order valence-electron chi connectivity index (χ1n) is 8.83. The normalized spacial score (nSPS) is 12.6. The van der Waals surface area contributed by atoms with Gasteiger partial charge in [-0.05, 0) is 49.6 Å². The number of nitrogens with one attached hydrogen (secondary N) is 1. The van der Waals surface area contributed by atoms with Gasteiger partial charge in [0.25, 0.3) is 5.91 Å². The van der Waals surface area contributed by atoms with Crippen LogP contribution in [0.15, 0.2) is 54.6 Å². The van der Waals surface area contributed by atoms with Crippen molar-refractivity contribution in [2.75, 3.05) is 25.4 Å². The van der Waals surface area contributed by atoms with E-state index >= 15 is 0 Å². The maximum absolute atomic E-state index is 12.4. The lowest BCUT2D eigenvalue weighted by atomic mass is 10.1. The first-order valence-corrected chi connectivity index (χ1v) is 10.2. The molecule has 0 aliphatic heterocycles. The molecule has 0 fully saturated rings. The molecule has 0 aliphatic carbocycles. The Morgan fingerprint density at radius 2 is 1.59 bits per heavy atom. The Balaban J connectivity index is 1.95. The van der Waals surface area contributed by atoms with Crippen molar-refractivity contribution in [1.29, 1.82) is 0 Å². The van der Waals surface area contributed by atoms with Gasteiger partial charge in [-0.25, -0.2) is 0 Å². The number of nitrogens with zero attached hydrogens (tertiary/aromatic N) is 2. The summed E-state index contributed by atoms with van der Waals surface area (Å²) in [6.45, 7) is 1.98. The molecule has 0 aromatic heterocycles. The molecule has 0 aliphatic rings. The summed E-state index contributed by atoms with van der Waals surface area (Å²) >= 11 is 0. The van der Waals surface area contributed by atoms with Crippen LogP contribution in [0, 0.1) is 0 Å². The largest absolute Gasteiger partial charge is 0.350 e. The van der Waals surface area contributed by atoms with E-state index in [9.17, 15) is 13.2 Å². The van der Waals surface area contributed by atoms with E-state index in [1.54, 1.807) is 24.3 Å². The highest BCUT2D eigenvalue weighted by atomic mass is 32.2. The molecule has 0 bridgehead atoms. The van der Waals surface area contributed by atoms with E-state index in [4.69, 9.17) is 0 Å². The predicted molar refractivity (Wildman–Crippen MR) is 109 cm³/mol. The van der Waals surface area contributed by atoms with Gasteiger partial charge in [0.2, 0.25) is 0 Å². The number of rotatable bonds is 8. The molecule has 0 unspecified atom stereocenters. The summed E-state index contributed by atoms with van der Waals surface area (Å²) in [6, 6.07) is 16.7. The fraction of sp³-hybridized carbons (Fsp3) is 0.350. The minimum Gasteiger partial charge on any atom is -0.350 e. The quantitative estimate of drug-likeness (QED) is 0.755. The van der Waals surface area contributed by atoms with Crippen LogP contribution >= 0.6 is 0 Å². The van der Waals surface area contributed by atoms with E-state index in [-0.39, 0.29) is 11.9 Å². The number of amides is 1. The number of hydrogen-bond donors (Lipinski definition) is 1. The summed E-state index contributed by atoms with van der Waals surface area (Å²) in [5.74, 6) is -0.166. The SMILES string of the molecule is C[C@@H](CCc1ccccc1)NC(=O)c1ccc(N(C)S(=O)(=O)N(C)C)cc1. The van der Waals surface area contributed by atoms with Crippen LogP contribution in [-0.4, -0.2) is 45.8 Å². The molecule has 146 valence electrons. The van der Waals surface area contributed by atoms with Crippen molar-refractivity contribution in [3.63, 3.8) is 0 Å². The third kappa shape index (κ3) is 5.55. The molecule has 27 heavy (non-hydrogen) atoms. The maximum Gasteiger partial charge on any atom is 0.303 e. The van der Waals surface area contributed by atoms with Crippen molar-refractivity contribution in [3.05, 3.63) is 65.7 Å². The number of benzene rings is 2. The van der Waals surface area contributed by atoms with Gasteiger partial charge < -0.3 is 5.32 Å². The zero-order chi connectivity index (χ0) is 20.0. The average molecular weight is 390 g/mol. The summed E-state index contributed by atoms with van der Waals surface area (Å²) in [5.41, 5.74) is 2.24. The Labute approximate surface area is 162 Å². The van der Waals surface area contributed by atoms with Crippen LogP contribution in [0.3, 0.4) is 0 Å². The number of hydrogen-bond acceptors (Lipinski definition) is 3. The van der Waals surface area contributed by atoms with Crippen molar-refractivity contribution in [1.82, 2.24) is 9.62 Å². The smallest absolute Gasteiger partial charge is 0.303 e. The molecule has 6 nitrogen and oxygen atoms in total. The Morgan fingerprint density at radius 1 is 1.00 bits per heavy atom. The summed E-state index contributed by atoms with van der Waals surface area (Å²) < 4.78 is 26.6. The van der Waals surface area contributed by atoms with Crippen LogP contribution in [0.2, 0.25) is 0 Å². The van der Waals surface area contributed by atoms with Crippen molar-refractivity contribution >= 4 is 21.8 Å². The lowest BCUT2D eigenvalue weighted by molar-refractivity contribution is 0.0938. The van der Waals surface area contributed by atoms with Crippen LogP contribution in [0.4, 0.5) is 5.69 Å². The predicted octanol–water partition coefficient (Wildman–Crippen LogP) is 2.68. The van der Waals surface area contributed by atoms with Crippen LogP contribution in [0.5, 0.6) is 0 Å². The molecule has 2 aromatic rings. The fourth-order valence-electron chi connectivity index (χ4n) is 2.61. The molecule has 1 amide bonds. The highest BCUT2D eigenvalue weighted by Crippen LogP contribution is 2.18. The number of anilines is 1. The molecule has 0 spiro atoms. The minimum atomic E-state index is -3.55. The monoisotopic (exact) mass is 389 g/mol. The lowest BCUT2D eigenvalue weighted by Gasteiger charge is -2.23. The summed E-state index contributed by atoms with van der Waals surface area (Å²) in [5, 5.41) is 2.98. The highest BCUT2D eigenvalue weighted by molar-refractivity contribution is 7.90. The van der Waals surface area contributed by atoms with Crippen LogP contribution in [-0.2, 0) is 16.6 Å². The highest BCUT2D eigenvalue weighted by Gasteiger charge is 2.21. The first kappa shape index (κ1) is 20.9. The molecule has 0 saturated carbocycles. The molecular formula is C20H27N3O3S. The van der Waals surface area contributed by atoms with E-state index in [1.807, 2.05) is 25.1 Å². The zero-order valence-corrected chi connectivity index (χ0v) is 17.0. The summed E-state index contributed by atoms with van der Waals surface area (Å²) in [4.78, 5) is 12.4. The average Bonchev–Trinajstić information content (AvgIpc) is 2.66. The maximum atomic E-state index is 12.4. The second-order valence-corrected chi connectivity index (χ2v) is 8.88. The Morgan fingerprint density at radius 3 is 2.15 bits per heavy atom. The van der Waals surface area contributed by atoms with Gasteiger partial charge in [0.1, 0.15) is 0 Å². The van der Waals surface area contributed by atoms with Crippen LogP contribution < -0.4 is 9.62 Å². The summed E-state index contributed by atoms with van der Waals surface area (Å²) in [6.07, 6.45) is 1.74.